The van der Waals surface area contributed by atoms with Crippen LogP contribution in [-0.2, 0) is 0 Å². The van der Waals surface area contributed by atoms with Gasteiger partial charge in [0, 0.05) is 17.0 Å². The summed E-state index contributed by atoms with van der Waals surface area (Å²) in [6.07, 6.45) is 0. The lowest BCUT2D eigenvalue weighted by Crippen LogP contribution is -2.06. The molecule has 1 heterocycles. The minimum Gasteiger partial charge on any atom is -0.506 e. The van der Waals surface area contributed by atoms with Crippen molar-refractivity contribution in [3.05, 3.63) is 50.0 Å². The Balaban J connectivity index is 2.66. The smallest absolute Gasteiger partial charge is 0.315 e. The molecular formula is C15H11N3O6S. The molecule has 0 aliphatic heterocycles. The van der Waals surface area contributed by atoms with Crippen LogP contribution in [0.4, 0.5) is 5.69 Å². The summed E-state index contributed by atoms with van der Waals surface area (Å²) in [5, 5.41) is 32.2. The molecule has 0 aliphatic carbocycles. The van der Waals surface area contributed by atoms with Crippen LogP contribution in [0.5, 0.6) is 11.5 Å². The molecule has 0 fully saturated rings. The number of hydrogen-bond donors (Lipinski definition) is 1. The molecular weight excluding hydrogens is 350 g/mol. The maximum atomic E-state index is 12.3. The van der Waals surface area contributed by atoms with Crippen LogP contribution >= 0.6 is 11.3 Å². The average molecular weight is 361 g/mol. The molecule has 0 atom stereocenters. The molecule has 0 spiro atoms. The Labute approximate surface area is 145 Å². The van der Waals surface area contributed by atoms with E-state index >= 15 is 0 Å². The van der Waals surface area contributed by atoms with Gasteiger partial charge in [0.15, 0.2) is 5.75 Å². The van der Waals surface area contributed by atoms with Gasteiger partial charge in [-0.25, -0.2) is 4.98 Å². The van der Waals surface area contributed by atoms with Crippen molar-refractivity contribution in [2.45, 2.75) is 0 Å². The van der Waals surface area contributed by atoms with Crippen LogP contribution in [0.25, 0.3) is 5.76 Å². The quantitative estimate of drug-likeness (QED) is 0.207. The molecule has 25 heavy (non-hydrogen) atoms. The number of aromatic nitrogens is 1. The van der Waals surface area contributed by atoms with E-state index in [0.29, 0.717) is 0 Å². The Hall–Kier alpha value is -3.45. The number of aliphatic hydroxyl groups excluding tert-OH is 1. The molecule has 0 unspecified atom stereocenters. The number of hydrogen-bond acceptors (Lipinski definition) is 9. The molecule has 0 saturated heterocycles. The number of methoxy groups -OCH3 is 2. The highest BCUT2D eigenvalue weighted by Gasteiger charge is 2.26. The molecule has 0 amide bonds. The molecule has 2 aromatic rings. The van der Waals surface area contributed by atoms with Gasteiger partial charge in [-0.05, 0) is 6.07 Å². The minimum atomic E-state index is -0.793. The second kappa shape index (κ2) is 7.41. The number of thiazole rings is 1. The maximum Gasteiger partial charge on any atom is 0.315 e. The van der Waals surface area contributed by atoms with Crippen LogP contribution in [0.15, 0.2) is 28.6 Å². The van der Waals surface area contributed by atoms with Crippen LogP contribution in [0.1, 0.15) is 16.1 Å². The summed E-state index contributed by atoms with van der Waals surface area (Å²) in [5.41, 5.74) is 0.183. The highest BCUT2D eigenvalue weighted by molar-refractivity contribution is 7.07. The predicted molar refractivity (Wildman–Crippen MR) is 87.8 cm³/mol. The molecule has 0 aliphatic rings. The monoisotopic (exact) mass is 361 g/mol. The Kier molecular flexibility index (Phi) is 5.31. The van der Waals surface area contributed by atoms with E-state index < -0.39 is 27.7 Å². The number of carbonyl (C=O) groups is 1. The number of allylic oxidation sites excluding steroid dienone is 1. The fraction of sp³-hybridized carbons (Fsp3) is 0.133. The van der Waals surface area contributed by atoms with E-state index in [1.54, 1.807) is 6.07 Å². The van der Waals surface area contributed by atoms with Gasteiger partial charge in [-0.2, -0.15) is 5.26 Å². The highest BCUT2D eigenvalue weighted by Crippen LogP contribution is 2.39. The Morgan fingerprint density at radius 2 is 2.12 bits per heavy atom. The number of carbonyl (C=O) groups excluding carboxylic acids is 1. The number of aliphatic hydroxyl groups is 1. The number of rotatable bonds is 6. The first-order valence-electron chi connectivity index (χ1n) is 6.61. The van der Waals surface area contributed by atoms with E-state index in [9.17, 15) is 25.3 Å². The number of nitrogens with zero attached hydrogens (tertiary/aromatic N) is 3. The van der Waals surface area contributed by atoms with E-state index in [1.165, 1.54) is 31.2 Å². The van der Waals surface area contributed by atoms with E-state index in [2.05, 4.69) is 4.98 Å². The fourth-order valence-corrected chi connectivity index (χ4v) is 2.56. The zero-order valence-corrected chi connectivity index (χ0v) is 13.9. The van der Waals surface area contributed by atoms with Gasteiger partial charge in [0.25, 0.3) is 0 Å². The number of nitriles is 1. The van der Waals surface area contributed by atoms with Gasteiger partial charge in [-0.3, -0.25) is 14.9 Å². The van der Waals surface area contributed by atoms with Crippen molar-refractivity contribution in [1.29, 1.82) is 5.26 Å². The van der Waals surface area contributed by atoms with E-state index in [1.807, 2.05) is 0 Å². The number of ketones is 1. The first-order valence-corrected chi connectivity index (χ1v) is 7.55. The Bertz CT molecular complexity index is 899. The SMILES string of the molecule is COc1cc(/C(O)=C(\C#N)C(=O)c2cscn2)cc([N+](=O)[O-])c1OC. The summed E-state index contributed by atoms with van der Waals surface area (Å²) in [6.45, 7) is 0. The van der Waals surface area contributed by atoms with Gasteiger partial charge in [-0.15, -0.1) is 11.3 Å². The van der Waals surface area contributed by atoms with Crippen molar-refractivity contribution in [1.82, 2.24) is 4.98 Å². The van der Waals surface area contributed by atoms with Gasteiger partial charge in [0.05, 0.1) is 24.7 Å². The average Bonchev–Trinajstić information content (AvgIpc) is 3.15. The number of nitro benzene ring substituents is 1. The third-order valence-electron chi connectivity index (χ3n) is 3.17. The first kappa shape index (κ1) is 17.9. The molecule has 0 bridgehead atoms. The summed E-state index contributed by atoms with van der Waals surface area (Å²) >= 11 is 1.15. The van der Waals surface area contributed by atoms with Crippen molar-refractivity contribution >= 4 is 28.6 Å². The van der Waals surface area contributed by atoms with Gasteiger partial charge in [-0.1, -0.05) is 0 Å². The van der Waals surface area contributed by atoms with Gasteiger partial charge in [0.1, 0.15) is 23.1 Å². The molecule has 9 nitrogen and oxygen atoms in total. The summed E-state index contributed by atoms with van der Waals surface area (Å²) in [6, 6.07) is 3.82. The summed E-state index contributed by atoms with van der Waals surface area (Å²) in [4.78, 5) is 26.5. The number of ether oxygens (including phenoxy) is 2. The van der Waals surface area contributed by atoms with Crippen LogP contribution in [0.3, 0.4) is 0 Å². The largest absolute Gasteiger partial charge is 0.506 e. The fourth-order valence-electron chi connectivity index (χ4n) is 2.02. The summed E-state index contributed by atoms with van der Waals surface area (Å²) < 4.78 is 9.97. The normalized spacial score (nSPS) is 11.2. The maximum absolute atomic E-state index is 12.3. The van der Waals surface area contributed by atoms with Crippen LogP contribution in [-0.4, -0.2) is 35.0 Å². The van der Waals surface area contributed by atoms with Gasteiger partial charge >= 0.3 is 5.69 Å². The number of nitro groups is 1. The molecule has 2 rings (SSSR count). The second-order valence-corrected chi connectivity index (χ2v) is 5.24. The molecule has 1 aromatic carbocycles. The van der Waals surface area contributed by atoms with Crippen molar-refractivity contribution in [3.63, 3.8) is 0 Å². The van der Waals surface area contributed by atoms with Gasteiger partial charge in [0.2, 0.25) is 11.5 Å². The third-order valence-corrected chi connectivity index (χ3v) is 3.76. The molecule has 1 aromatic heterocycles. The van der Waals surface area contributed by atoms with Crippen LogP contribution < -0.4 is 9.47 Å². The molecule has 128 valence electrons. The van der Waals surface area contributed by atoms with Gasteiger partial charge < -0.3 is 14.6 Å². The lowest BCUT2D eigenvalue weighted by molar-refractivity contribution is -0.385. The van der Waals surface area contributed by atoms with Crippen molar-refractivity contribution in [2.24, 2.45) is 0 Å². The highest BCUT2D eigenvalue weighted by atomic mass is 32.1. The van der Waals surface area contributed by atoms with E-state index in [4.69, 9.17) is 9.47 Å². The number of benzene rings is 1. The van der Waals surface area contributed by atoms with Crippen molar-refractivity contribution in [3.8, 4) is 17.6 Å². The van der Waals surface area contributed by atoms with Crippen LogP contribution in [0.2, 0.25) is 0 Å². The van der Waals surface area contributed by atoms with Crippen molar-refractivity contribution < 1.29 is 24.3 Å². The standard InChI is InChI=1S/C15H11N3O6S/c1-23-12-4-8(3-11(18(21)22)15(12)24-2)13(19)9(5-16)14(20)10-6-25-7-17-10/h3-4,6-7,19H,1-2H3/b13-9-. The molecule has 0 radical (unpaired) electrons. The lowest BCUT2D eigenvalue weighted by atomic mass is 10.0. The summed E-state index contributed by atoms with van der Waals surface area (Å²) in [7, 11) is 2.49. The molecule has 1 N–H and O–H groups in total. The van der Waals surface area contributed by atoms with E-state index in [0.717, 1.165) is 17.4 Å². The second-order valence-electron chi connectivity index (χ2n) is 4.53. The zero-order valence-electron chi connectivity index (χ0n) is 13.0. The molecule has 0 saturated carbocycles. The topological polar surface area (TPSA) is 136 Å². The number of Topliss-reactive ketones (excluding diaryl/α,β-unsaturated/α-hetero) is 1. The summed E-state index contributed by atoms with van der Waals surface area (Å²) in [5.74, 6) is -1.69. The van der Waals surface area contributed by atoms with E-state index in [-0.39, 0.29) is 22.8 Å². The zero-order chi connectivity index (χ0) is 18.6. The first-order chi connectivity index (χ1) is 11.9. The lowest BCUT2D eigenvalue weighted by Gasteiger charge is -2.10. The molecule has 10 heteroatoms. The third kappa shape index (κ3) is 3.41. The Morgan fingerprint density at radius 1 is 1.40 bits per heavy atom. The predicted octanol–water partition coefficient (Wildman–Crippen LogP) is 2.74. The Morgan fingerprint density at radius 3 is 2.60 bits per heavy atom. The van der Waals surface area contributed by atoms with Crippen LogP contribution in [0, 0.1) is 21.4 Å². The minimum absolute atomic E-state index is 0.0110. The van der Waals surface area contributed by atoms with Crippen molar-refractivity contribution in [2.75, 3.05) is 14.2 Å².